The summed E-state index contributed by atoms with van der Waals surface area (Å²) in [5, 5.41) is 3.96. The molecule has 10 nitrogen and oxygen atoms in total. The van der Waals surface area contributed by atoms with Crippen molar-refractivity contribution in [3.8, 4) is 23.0 Å². The molecule has 1 N–H and O–H groups in total. The van der Waals surface area contributed by atoms with Crippen molar-refractivity contribution in [1.82, 2.24) is 5.43 Å². The second-order valence-corrected chi connectivity index (χ2v) is 9.11. The monoisotopic (exact) mass is 513 g/mol. The summed E-state index contributed by atoms with van der Waals surface area (Å²) in [5.74, 6) is 0.886. The van der Waals surface area contributed by atoms with Crippen molar-refractivity contribution in [2.75, 3.05) is 39.3 Å². The van der Waals surface area contributed by atoms with Gasteiger partial charge in [-0.3, -0.25) is 9.10 Å². The predicted octanol–water partition coefficient (Wildman–Crippen LogP) is 3.07. The van der Waals surface area contributed by atoms with Gasteiger partial charge in [0.2, 0.25) is 5.75 Å². The molecule has 3 rings (SSSR count). The maximum atomic E-state index is 13.4. The number of hydrogen-bond acceptors (Lipinski definition) is 8. The molecule has 0 saturated carbocycles. The number of para-hydroxylation sites is 2. The number of anilines is 1. The van der Waals surface area contributed by atoms with Crippen molar-refractivity contribution in [1.29, 1.82) is 0 Å². The SMILES string of the molecule is COc1ccccc1N(CC(=O)N/N=C\c1cc(OC)c(OC)c(OC)c1)S(=O)(=O)c1ccccc1. The average Bonchev–Trinajstić information content (AvgIpc) is 2.91. The van der Waals surface area contributed by atoms with Crippen molar-refractivity contribution in [3.63, 3.8) is 0 Å². The number of hydrogen-bond donors (Lipinski definition) is 1. The zero-order chi connectivity index (χ0) is 26.1. The van der Waals surface area contributed by atoms with Gasteiger partial charge in [0.1, 0.15) is 12.3 Å². The third-order valence-electron chi connectivity index (χ3n) is 5.06. The standard InChI is InChI=1S/C25H27N3O7S/c1-32-21-13-9-8-12-20(21)28(36(30,31)19-10-6-5-7-11-19)17-24(29)27-26-16-18-14-22(33-2)25(35-4)23(15-18)34-3/h5-16H,17H2,1-4H3,(H,27,29)/b26-16-. The van der Waals surface area contributed by atoms with Crippen molar-refractivity contribution in [2.24, 2.45) is 5.10 Å². The molecule has 3 aromatic rings. The normalized spacial score (nSPS) is 11.1. The van der Waals surface area contributed by atoms with E-state index in [2.05, 4.69) is 10.5 Å². The Labute approximate surface area is 210 Å². The summed E-state index contributed by atoms with van der Waals surface area (Å²) in [7, 11) is 1.80. The van der Waals surface area contributed by atoms with Gasteiger partial charge in [-0.05, 0) is 36.4 Å². The molecule has 0 saturated heterocycles. The van der Waals surface area contributed by atoms with E-state index >= 15 is 0 Å². The quantitative estimate of drug-likeness (QED) is 0.309. The first kappa shape index (κ1) is 26.4. The van der Waals surface area contributed by atoms with E-state index in [0.717, 1.165) is 4.31 Å². The van der Waals surface area contributed by atoms with Crippen LogP contribution in [0.5, 0.6) is 23.0 Å². The Kier molecular flexibility index (Phi) is 8.74. The van der Waals surface area contributed by atoms with E-state index in [1.54, 1.807) is 54.6 Å². The van der Waals surface area contributed by atoms with E-state index in [1.807, 2.05) is 0 Å². The highest BCUT2D eigenvalue weighted by atomic mass is 32.2. The zero-order valence-corrected chi connectivity index (χ0v) is 21.1. The number of sulfonamides is 1. The zero-order valence-electron chi connectivity index (χ0n) is 20.3. The van der Waals surface area contributed by atoms with Gasteiger partial charge in [-0.1, -0.05) is 30.3 Å². The summed E-state index contributed by atoms with van der Waals surface area (Å²) in [6.07, 6.45) is 1.38. The Balaban J connectivity index is 1.87. The first-order valence-corrected chi connectivity index (χ1v) is 12.1. The van der Waals surface area contributed by atoms with Crippen LogP contribution in [-0.4, -0.2) is 55.5 Å². The summed E-state index contributed by atoms with van der Waals surface area (Å²) < 4.78 is 49.1. The summed E-state index contributed by atoms with van der Waals surface area (Å²) in [5.41, 5.74) is 3.14. The van der Waals surface area contributed by atoms with Gasteiger partial charge < -0.3 is 18.9 Å². The molecule has 3 aromatic carbocycles. The molecule has 190 valence electrons. The molecule has 0 aromatic heterocycles. The lowest BCUT2D eigenvalue weighted by atomic mass is 10.2. The minimum atomic E-state index is -4.09. The molecule has 36 heavy (non-hydrogen) atoms. The molecule has 0 aliphatic carbocycles. The Hall–Kier alpha value is -4.25. The van der Waals surface area contributed by atoms with Gasteiger partial charge in [0.15, 0.2) is 11.5 Å². The number of rotatable bonds is 11. The topological polar surface area (TPSA) is 116 Å². The van der Waals surface area contributed by atoms with Gasteiger partial charge in [-0.2, -0.15) is 5.10 Å². The van der Waals surface area contributed by atoms with Crippen LogP contribution in [0, 0.1) is 0 Å². The van der Waals surface area contributed by atoms with E-state index in [1.165, 1.54) is 46.8 Å². The van der Waals surface area contributed by atoms with E-state index in [9.17, 15) is 13.2 Å². The van der Waals surface area contributed by atoms with Crippen LogP contribution in [0.1, 0.15) is 5.56 Å². The average molecular weight is 514 g/mol. The summed E-state index contributed by atoms with van der Waals surface area (Å²) in [4.78, 5) is 12.8. The van der Waals surface area contributed by atoms with Crippen LogP contribution in [-0.2, 0) is 14.8 Å². The number of hydrazone groups is 1. The van der Waals surface area contributed by atoms with Crippen LogP contribution in [0.25, 0.3) is 0 Å². The first-order valence-electron chi connectivity index (χ1n) is 10.7. The lowest BCUT2D eigenvalue weighted by Gasteiger charge is -2.25. The van der Waals surface area contributed by atoms with Gasteiger partial charge in [0.05, 0.1) is 45.2 Å². The van der Waals surface area contributed by atoms with Crippen molar-refractivity contribution in [2.45, 2.75) is 4.90 Å². The van der Waals surface area contributed by atoms with Gasteiger partial charge in [-0.25, -0.2) is 13.8 Å². The Morgan fingerprint density at radius 1 is 0.861 bits per heavy atom. The smallest absolute Gasteiger partial charge is 0.264 e. The minimum Gasteiger partial charge on any atom is -0.495 e. The van der Waals surface area contributed by atoms with Gasteiger partial charge in [0.25, 0.3) is 15.9 Å². The third-order valence-corrected chi connectivity index (χ3v) is 6.84. The second-order valence-electron chi connectivity index (χ2n) is 7.25. The molecule has 0 bridgehead atoms. The maximum absolute atomic E-state index is 13.4. The Morgan fingerprint density at radius 2 is 1.44 bits per heavy atom. The van der Waals surface area contributed by atoms with E-state index in [-0.39, 0.29) is 10.6 Å². The molecule has 11 heteroatoms. The number of methoxy groups -OCH3 is 4. The molecule has 0 aliphatic rings. The van der Waals surface area contributed by atoms with Crippen molar-refractivity contribution >= 4 is 27.8 Å². The number of amides is 1. The van der Waals surface area contributed by atoms with Crippen LogP contribution in [0.4, 0.5) is 5.69 Å². The summed E-state index contributed by atoms with van der Waals surface area (Å²) in [6, 6.07) is 17.7. The highest BCUT2D eigenvalue weighted by molar-refractivity contribution is 7.92. The van der Waals surface area contributed by atoms with Crippen LogP contribution in [0.2, 0.25) is 0 Å². The molecular formula is C25H27N3O7S. The summed E-state index contributed by atoms with van der Waals surface area (Å²) in [6.45, 7) is -0.538. The Bertz CT molecular complexity index is 1300. The molecule has 1 amide bonds. The highest BCUT2D eigenvalue weighted by Gasteiger charge is 2.29. The number of benzene rings is 3. The number of carbonyl (C=O) groups excluding carboxylic acids is 1. The lowest BCUT2D eigenvalue weighted by Crippen LogP contribution is -2.39. The third kappa shape index (κ3) is 5.87. The molecule has 0 heterocycles. The summed E-state index contributed by atoms with van der Waals surface area (Å²) >= 11 is 0. The minimum absolute atomic E-state index is 0.0321. The van der Waals surface area contributed by atoms with Crippen LogP contribution >= 0.6 is 0 Å². The van der Waals surface area contributed by atoms with Gasteiger partial charge >= 0.3 is 0 Å². The van der Waals surface area contributed by atoms with Gasteiger partial charge in [0, 0.05) is 5.56 Å². The molecule has 0 atom stereocenters. The molecule has 0 unspecified atom stereocenters. The molecule has 0 radical (unpaired) electrons. The Morgan fingerprint density at radius 3 is 2.03 bits per heavy atom. The molecule has 0 spiro atoms. The molecule has 0 fully saturated rings. The van der Waals surface area contributed by atoms with E-state index < -0.39 is 22.5 Å². The second kappa shape index (κ2) is 11.9. The van der Waals surface area contributed by atoms with Crippen molar-refractivity contribution < 1.29 is 32.2 Å². The lowest BCUT2D eigenvalue weighted by molar-refractivity contribution is -0.119. The highest BCUT2D eigenvalue weighted by Crippen LogP contribution is 2.37. The predicted molar refractivity (Wildman–Crippen MR) is 136 cm³/mol. The van der Waals surface area contributed by atoms with Crippen LogP contribution in [0.3, 0.4) is 0 Å². The van der Waals surface area contributed by atoms with Crippen LogP contribution < -0.4 is 28.7 Å². The molecule has 0 aliphatic heterocycles. The number of nitrogens with one attached hydrogen (secondary N) is 1. The van der Waals surface area contributed by atoms with Gasteiger partial charge in [-0.15, -0.1) is 0 Å². The number of nitrogens with zero attached hydrogens (tertiary/aromatic N) is 2. The van der Waals surface area contributed by atoms with Crippen LogP contribution in [0.15, 0.2) is 76.7 Å². The maximum Gasteiger partial charge on any atom is 0.264 e. The fraction of sp³-hybridized carbons (Fsp3) is 0.200. The van der Waals surface area contributed by atoms with Crippen molar-refractivity contribution in [3.05, 3.63) is 72.3 Å². The fourth-order valence-electron chi connectivity index (χ4n) is 3.38. The number of carbonyl (C=O) groups is 1. The fourth-order valence-corrected chi connectivity index (χ4v) is 4.83. The first-order chi connectivity index (χ1) is 17.3. The van der Waals surface area contributed by atoms with E-state index in [0.29, 0.717) is 28.6 Å². The largest absolute Gasteiger partial charge is 0.495 e. The molecular weight excluding hydrogens is 486 g/mol. The van der Waals surface area contributed by atoms with E-state index in [4.69, 9.17) is 18.9 Å². The number of ether oxygens (including phenoxy) is 4.